The predicted octanol–water partition coefficient (Wildman–Crippen LogP) is 8.60. The number of allylic oxidation sites excluding steroid dienone is 2. The van der Waals surface area contributed by atoms with Crippen LogP contribution in [-0.2, 0) is 0 Å². The van der Waals surface area contributed by atoms with Crippen molar-refractivity contribution in [3.05, 3.63) is 71.3 Å². The van der Waals surface area contributed by atoms with Crippen LogP contribution in [0, 0.1) is 36.3 Å². The molecule has 4 atom stereocenters. The summed E-state index contributed by atoms with van der Waals surface area (Å²) in [6, 6.07) is 11.3. The van der Waals surface area contributed by atoms with E-state index >= 15 is 0 Å². The first-order valence-corrected chi connectivity index (χ1v) is 11.7. The maximum Gasteiger partial charge on any atom is 0.129 e. The zero-order valence-corrected chi connectivity index (χ0v) is 18.3. The van der Waals surface area contributed by atoms with Crippen molar-refractivity contribution < 1.29 is 8.78 Å². The van der Waals surface area contributed by atoms with Crippen molar-refractivity contribution in [3.8, 4) is 11.1 Å². The SMILES string of the molecule is C/C=C/CCC1CCC2CC(c3ccc(-c4cc(F)c(C)c(F)c4)cc3)CCC2C1. The van der Waals surface area contributed by atoms with Crippen LogP contribution in [0.3, 0.4) is 0 Å². The molecule has 160 valence electrons. The van der Waals surface area contributed by atoms with Gasteiger partial charge in [-0.25, -0.2) is 8.78 Å². The summed E-state index contributed by atoms with van der Waals surface area (Å²) in [6.45, 7) is 3.59. The Labute approximate surface area is 180 Å². The third-order valence-corrected chi connectivity index (χ3v) is 7.70. The molecular weight excluding hydrogens is 374 g/mol. The molecule has 0 spiro atoms. The molecule has 0 heterocycles. The number of hydrogen-bond acceptors (Lipinski definition) is 0. The standard InChI is InChI=1S/C28H34F2/c1-3-4-5-6-20-7-8-25-16-24(14-13-23(25)15-20)21-9-11-22(12-10-21)26-17-27(29)19(2)28(30)18-26/h3-4,9-12,17-18,20,23-25H,5-8,13-16H2,1-2H3/b4-3+. The Morgan fingerprint density at radius 2 is 1.53 bits per heavy atom. The lowest BCUT2D eigenvalue weighted by molar-refractivity contribution is 0.115. The molecule has 2 aliphatic rings. The van der Waals surface area contributed by atoms with E-state index < -0.39 is 11.6 Å². The van der Waals surface area contributed by atoms with E-state index in [9.17, 15) is 8.78 Å². The van der Waals surface area contributed by atoms with E-state index in [1.54, 1.807) is 0 Å². The summed E-state index contributed by atoms with van der Waals surface area (Å²) in [4.78, 5) is 0. The van der Waals surface area contributed by atoms with Crippen LogP contribution in [0.4, 0.5) is 8.78 Å². The molecule has 0 radical (unpaired) electrons. The average Bonchev–Trinajstić information content (AvgIpc) is 2.77. The summed E-state index contributed by atoms with van der Waals surface area (Å²) < 4.78 is 27.8. The van der Waals surface area contributed by atoms with E-state index in [0.29, 0.717) is 11.5 Å². The molecule has 30 heavy (non-hydrogen) atoms. The van der Waals surface area contributed by atoms with Crippen molar-refractivity contribution in [2.45, 2.75) is 71.1 Å². The third kappa shape index (κ3) is 4.68. The molecule has 2 saturated carbocycles. The maximum absolute atomic E-state index is 13.9. The summed E-state index contributed by atoms with van der Waals surface area (Å²) in [7, 11) is 0. The molecule has 0 nitrogen and oxygen atoms in total. The average molecular weight is 409 g/mol. The van der Waals surface area contributed by atoms with Crippen LogP contribution in [0.2, 0.25) is 0 Å². The fraction of sp³-hybridized carbons (Fsp3) is 0.500. The van der Waals surface area contributed by atoms with E-state index in [2.05, 4.69) is 31.2 Å². The van der Waals surface area contributed by atoms with Crippen LogP contribution < -0.4 is 0 Å². The predicted molar refractivity (Wildman–Crippen MR) is 121 cm³/mol. The first kappa shape index (κ1) is 21.3. The zero-order valence-electron chi connectivity index (χ0n) is 18.3. The lowest BCUT2D eigenvalue weighted by Gasteiger charge is -2.42. The van der Waals surface area contributed by atoms with E-state index in [1.807, 2.05) is 12.1 Å². The van der Waals surface area contributed by atoms with E-state index in [0.717, 1.165) is 23.3 Å². The van der Waals surface area contributed by atoms with Gasteiger partial charge in [-0.15, -0.1) is 0 Å². The molecule has 2 aromatic rings. The highest BCUT2D eigenvalue weighted by atomic mass is 19.1. The Morgan fingerprint density at radius 1 is 0.867 bits per heavy atom. The smallest absolute Gasteiger partial charge is 0.129 e. The van der Waals surface area contributed by atoms with Gasteiger partial charge in [0.2, 0.25) is 0 Å². The van der Waals surface area contributed by atoms with Gasteiger partial charge < -0.3 is 0 Å². The maximum atomic E-state index is 13.9. The van der Waals surface area contributed by atoms with Crippen molar-refractivity contribution in [3.63, 3.8) is 0 Å². The molecule has 2 heteroatoms. The van der Waals surface area contributed by atoms with Crippen molar-refractivity contribution in [2.24, 2.45) is 17.8 Å². The Hall–Kier alpha value is -1.96. The van der Waals surface area contributed by atoms with Gasteiger partial charge >= 0.3 is 0 Å². The van der Waals surface area contributed by atoms with Crippen LogP contribution in [-0.4, -0.2) is 0 Å². The molecule has 0 N–H and O–H groups in total. The molecule has 0 aliphatic heterocycles. The summed E-state index contributed by atoms with van der Waals surface area (Å²) in [6.07, 6.45) is 15.2. The van der Waals surface area contributed by atoms with Crippen LogP contribution in [0.25, 0.3) is 11.1 Å². The topological polar surface area (TPSA) is 0 Å². The monoisotopic (exact) mass is 408 g/mol. The fourth-order valence-electron chi connectivity index (χ4n) is 5.81. The quantitative estimate of drug-likeness (QED) is 0.434. The van der Waals surface area contributed by atoms with Crippen LogP contribution in [0.5, 0.6) is 0 Å². The van der Waals surface area contributed by atoms with Gasteiger partial charge in [-0.05, 0) is 111 Å². The highest BCUT2D eigenvalue weighted by Crippen LogP contribution is 2.48. The number of benzene rings is 2. The van der Waals surface area contributed by atoms with Gasteiger partial charge in [-0.2, -0.15) is 0 Å². The van der Waals surface area contributed by atoms with Gasteiger partial charge in [-0.3, -0.25) is 0 Å². The summed E-state index contributed by atoms with van der Waals surface area (Å²) in [5, 5.41) is 0. The third-order valence-electron chi connectivity index (χ3n) is 7.70. The number of halogens is 2. The lowest BCUT2D eigenvalue weighted by atomic mass is 9.63. The fourth-order valence-corrected chi connectivity index (χ4v) is 5.81. The molecular formula is C28H34F2. The highest BCUT2D eigenvalue weighted by Gasteiger charge is 2.35. The van der Waals surface area contributed by atoms with Crippen LogP contribution in [0.15, 0.2) is 48.6 Å². The largest absolute Gasteiger partial charge is 0.207 e. The van der Waals surface area contributed by atoms with Gasteiger partial charge in [-0.1, -0.05) is 42.8 Å². The van der Waals surface area contributed by atoms with Gasteiger partial charge in [0.15, 0.2) is 0 Å². The number of fused-ring (bicyclic) bond motifs is 1. The van der Waals surface area contributed by atoms with Crippen molar-refractivity contribution >= 4 is 0 Å². The van der Waals surface area contributed by atoms with Crippen LogP contribution in [0.1, 0.15) is 75.3 Å². The number of hydrogen-bond donors (Lipinski definition) is 0. The van der Waals surface area contributed by atoms with Gasteiger partial charge in [0, 0.05) is 5.56 Å². The first-order chi connectivity index (χ1) is 14.5. The molecule has 2 aliphatic carbocycles. The summed E-state index contributed by atoms with van der Waals surface area (Å²) >= 11 is 0. The van der Waals surface area contributed by atoms with E-state index in [-0.39, 0.29) is 5.56 Å². The minimum absolute atomic E-state index is 0.0867. The molecule has 0 amide bonds. The second kappa shape index (κ2) is 9.45. The molecule has 2 fully saturated rings. The van der Waals surface area contributed by atoms with Crippen LogP contribution >= 0.6 is 0 Å². The molecule has 0 bridgehead atoms. The summed E-state index contributed by atoms with van der Waals surface area (Å²) in [5.41, 5.74) is 2.97. The van der Waals surface area contributed by atoms with E-state index in [4.69, 9.17) is 0 Å². The van der Waals surface area contributed by atoms with Crippen molar-refractivity contribution in [1.29, 1.82) is 0 Å². The molecule has 4 unspecified atom stereocenters. The molecule has 0 aromatic heterocycles. The molecule has 4 rings (SSSR count). The first-order valence-electron chi connectivity index (χ1n) is 11.7. The zero-order chi connectivity index (χ0) is 21.1. The Kier molecular flexibility index (Phi) is 6.71. The van der Waals surface area contributed by atoms with Crippen molar-refractivity contribution in [2.75, 3.05) is 0 Å². The minimum Gasteiger partial charge on any atom is -0.207 e. The Bertz CT molecular complexity index is 857. The molecule has 2 aromatic carbocycles. The summed E-state index contributed by atoms with van der Waals surface area (Å²) in [5.74, 6) is 2.40. The second-order valence-corrected chi connectivity index (χ2v) is 9.54. The second-order valence-electron chi connectivity index (χ2n) is 9.54. The van der Waals surface area contributed by atoms with E-state index in [1.165, 1.54) is 76.0 Å². The van der Waals surface area contributed by atoms with Crippen molar-refractivity contribution in [1.82, 2.24) is 0 Å². The van der Waals surface area contributed by atoms with Gasteiger partial charge in [0.05, 0.1) is 0 Å². The minimum atomic E-state index is -0.478. The number of rotatable bonds is 5. The Morgan fingerprint density at radius 3 is 2.23 bits per heavy atom. The van der Waals surface area contributed by atoms with Gasteiger partial charge in [0.1, 0.15) is 11.6 Å². The van der Waals surface area contributed by atoms with Gasteiger partial charge in [0.25, 0.3) is 0 Å². The molecule has 0 saturated heterocycles. The normalized spacial score (nSPS) is 26.7. The lowest BCUT2D eigenvalue weighted by Crippen LogP contribution is -2.30. The Balaban J connectivity index is 1.38. The highest BCUT2D eigenvalue weighted by molar-refractivity contribution is 5.64.